The van der Waals surface area contributed by atoms with Crippen LogP contribution >= 0.6 is 0 Å². The molecule has 0 aliphatic rings. The van der Waals surface area contributed by atoms with Gasteiger partial charge in [-0.1, -0.05) is 18.2 Å². The normalized spacial score (nSPS) is 10.5. The molecule has 0 aliphatic heterocycles. The molecule has 0 atom stereocenters. The fourth-order valence-electron chi connectivity index (χ4n) is 2.20. The average Bonchev–Trinajstić information content (AvgIpc) is 2.93. The number of fused-ring (bicyclic) bond motifs is 1. The number of oxazole rings is 1. The van der Waals surface area contributed by atoms with E-state index in [4.69, 9.17) is 14.4 Å². The zero-order valence-electron chi connectivity index (χ0n) is 11.7. The Hall–Kier alpha value is -2.80. The van der Waals surface area contributed by atoms with E-state index in [0.717, 1.165) is 22.2 Å². The van der Waals surface area contributed by atoms with Crippen LogP contribution < -0.4 is 4.74 Å². The summed E-state index contributed by atoms with van der Waals surface area (Å²) in [5, 5.41) is 8.86. The third-order valence-electron chi connectivity index (χ3n) is 3.18. The molecule has 0 bridgehead atoms. The van der Waals surface area contributed by atoms with Gasteiger partial charge >= 0.3 is 0 Å². The van der Waals surface area contributed by atoms with Gasteiger partial charge in [0, 0.05) is 11.1 Å². The summed E-state index contributed by atoms with van der Waals surface area (Å²) in [7, 11) is 0. The Labute approximate surface area is 122 Å². The number of benzene rings is 2. The van der Waals surface area contributed by atoms with Crippen molar-refractivity contribution in [1.82, 2.24) is 4.98 Å². The third-order valence-corrected chi connectivity index (χ3v) is 3.18. The molecule has 21 heavy (non-hydrogen) atoms. The van der Waals surface area contributed by atoms with Crippen LogP contribution in [0, 0.1) is 11.3 Å². The Morgan fingerprint density at radius 3 is 2.86 bits per heavy atom. The molecular formula is C17H14N2O2. The molecule has 0 N–H and O–H groups in total. The van der Waals surface area contributed by atoms with Crippen molar-refractivity contribution in [3.63, 3.8) is 0 Å². The molecule has 0 aliphatic carbocycles. The van der Waals surface area contributed by atoms with Crippen molar-refractivity contribution in [1.29, 1.82) is 5.26 Å². The summed E-state index contributed by atoms with van der Waals surface area (Å²) in [5.74, 6) is 1.26. The minimum Gasteiger partial charge on any atom is -0.494 e. The van der Waals surface area contributed by atoms with Gasteiger partial charge in [0.05, 0.1) is 19.1 Å². The van der Waals surface area contributed by atoms with Crippen LogP contribution in [0.15, 0.2) is 46.9 Å². The second-order valence-corrected chi connectivity index (χ2v) is 4.58. The number of nitrogens with zero attached hydrogens (tertiary/aromatic N) is 2. The van der Waals surface area contributed by atoms with Gasteiger partial charge in [-0.3, -0.25) is 0 Å². The van der Waals surface area contributed by atoms with E-state index in [1.165, 1.54) is 0 Å². The van der Waals surface area contributed by atoms with Crippen molar-refractivity contribution >= 4 is 11.1 Å². The second-order valence-electron chi connectivity index (χ2n) is 4.58. The number of hydrogen-bond acceptors (Lipinski definition) is 4. The first-order chi connectivity index (χ1) is 10.3. The lowest BCUT2D eigenvalue weighted by Gasteiger charge is -2.08. The van der Waals surface area contributed by atoms with Crippen molar-refractivity contribution < 1.29 is 9.15 Å². The van der Waals surface area contributed by atoms with Crippen LogP contribution in [0.25, 0.3) is 22.6 Å². The smallest absolute Gasteiger partial charge is 0.227 e. The predicted octanol–water partition coefficient (Wildman–Crippen LogP) is 3.96. The topological polar surface area (TPSA) is 59.1 Å². The van der Waals surface area contributed by atoms with Gasteiger partial charge in [0.25, 0.3) is 0 Å². The van der Waals surface area contributed by atoms with Crippen molar-refractivity contribution in [2.45, 2.75) is 13.3 Å². The summed E-state index contributed by atoms with van der Waals surface area (Å²) < 4.78 is 11.4. The number of ether oxygens (including phenoxy) is 1. The summed E-state index contributed by atoms with van der Waals surface area (Å²) in [6.45, 7) is 2.47. The maximum atomic E-state index is 8.86. The van der Waals surface area contributed by atoms with Crippen molar-refractivity contribution in [3.05, 3.63) is 48.0 Å². The van der Waals surface area contributed by atoms with Crippen LogP contribution in [0.3, 0.4) is 0 Å². The molecule has 4 heteroatoms. The lowest BCUT2D eigenvalue weighted by atomic mass is 10.1. The van der Waals surface area contributed by atoms with E-state index in [1.807, 2.05) is 49.4 Å². The van der Waals surface area contributed by atoms with Gasteiger partial charge in [-0.15, -0.1) is 0 Å². The minimum atomic E-state index is 0.323. The van der Waals surface area contributed by atoms with E-state index >= 15 is 0 Å². The first-order valence-corrected chi connectivity index (χ1v) is 6.80. The highest BCUT2D eigenvalue weighted by Gasteiger charge is 2.11. The fraction of sp³-hybridized carbons (Fsp3) is 0.176. The van der Waals surface area contributed by atoms with E-state index in [9.17, 15) is 0 Å². The summed E-state index contributed by atoms with van der Waals surface area (Å²) in [5.41, 5.74) is 3.30. The zero-order chi connectivity index (χ0) is 14.7. The molecule has 0 amide bonds. The Morgan fingerprint density at radius 2 is 2.10 bits per heavy atom. The molecule has 0 saturated carbocycles. The van der Waals surface area contributed by atoms with E-state index in [0.29, 0.717) is 24.7 Å². The zero-order valence-corrected chi connectivity index (χ0v) is 11.7. The molecule has 4 nitrogen and oxygen atoms in total. The Bertz CT molecular complexity index is 782. The van der Waals surface area contributed by atoms with E-state index < -0.39 is 0 Å². The lowest BCUT2D eigenvalue weighted by Crippen LogP contribution is -1.96. The minimum absolute atomic E-state index is 0.323. The molecule has 0 unspecified atom stereocenters. The molecule has 0 fully saturated rings. The SMILES string of the molecule is CCOc1cc(-c2nc3ccccc3o2)ccc1CC#N. The van der Waals surface area contributed by atoms with Crippen molar-refractivity contribution in [3.8, 4) is 23.3 Å². The molecule has 3 aromatic rings. The fourth-order valence-corrected chi connectivity index (χ4v) is 2.20. The van der Waals surface area contributed by atoms with Gasteiger partial charge in [0.15, 0.2) is 5.58 Å². The van der Waals surface area contributed by atoms with E-state index in [2.05, 4.69) is 11.1 Å². The largest absolute Gasteiger partial charge is 0.494 e. The highest BCUT2D eigenvalue weighted by Crippen LogP contribution is 2.29. The Kier molecular flexibility index (Phi) is 3.57. The molecule has 104 valence electrons. The van der Waals surface area contributed by atoms with E-state index in [1.54, 1.807) is 0 Å². The Morgan fingerprint density at radius 1 is 1.24 bits per heavy atom. The number of nitriles is 1. The van der Waals surface area contributed by atoms with Gasteiger partial charge in [0.2, 0.25) is 5.89 Å². The first kappa shape index (κ1) is 13.2. The van der Waals surface area contributed by atoms with Gasteiger partial charge < -0.3 is 9.15 Å². The molecule has 0 radical (unpaired) electrons. The van der Waals surface area contributed by atoms with Crippen LogP contribution in [-0.2, 0) is 6.42 Å². The molecular weight excluding hydrogens is 264 g/mol. The molecule has 1 aromatic heterocycles. The van der Waals surface area contributed by atoms with Gasteiger partial charge in [-0.2, -0.15) is 5.26 Å². The highest BCUT2D eigenvalue weighted by molar-refractivity contribution is 5.76. The van der Waals surface area contributed by atoms with Gasteiger partial charge in [0.1, 0.15) is 11.3 Å². The average molecular weight is 278 g/mol. The van der Waals surface area contributed by atoms with Crippen LogP contribution in [0.1, 0.15) is 12.5 Å². The van der Waals surface area contributed by atoms with Crippen LogP contribution in [0.2, 0.25) is 0 Å². The predicted molar refractivity (Wildman–Crippen MR) is 79.9 cm³/mol. The highest BCUT2D eigenvalue weighted by atomic mass is 16.5. The van der Waals surface area contributed by atoms with Crippen LogP contribution in [0.5, 0.6) is 5.75 Å². The van der Waals surface area contributed by atoms with Gasteiger partial charge in [-0.05, 0) is 31.2 Å². The Balaban J connectivity index is 2.05. The maximum absolute atomic E-state index is 8.86. The summed E-state index contributed by atoms with van der Waals surface area (Å²) >= 11 is 0. The van der Waals surface area contributed by atoms with Crippen LogP contribution in [0.4, 0.5) is 0 Å². The summed E-state index contributed by atoms with van der Waals surface area (Å²) in [4.78, 5) is 4.47. The van der Waals surface area contributed by atoms with Crippen molar-refractivity contribution in [2.75, 3.05) is 6.61 Å². The molecule has 0 spiro atoms. The standard InChI is InChI=1S/C17H14N2O2/c1-2-20-16-11-13(8-7-12(16)9-10-18)17-19-14-5-3-4-6-15(14)21-17/h3-8,11H,2,9H2,1H3. The first-order valence-electron chi connectivity index (χ1n) is 6.80. The molecule has 3 rings (SSSR count). The van der Waals surface area contributed by atoms with Crippen LogP contribution in [-0.4, -0.2) is 11.6 Å². The molecule has 0 saturated heterocycles. The number of rotatable bonds is 4. The maximum Gasteiger partial charge on any atom is 0.227 e. The molecule has 1 heterocycles. The monoisotopic (exact) mass is 278 g/mol. The van der Waals surface area contributed by atoms with E-state index in [-0.39, 0.29) is 0 Å². The summed E-state index contributed by atoms with van der Waals surface area (Å²) in [6, 6.07) is 15.5. The lowest BCUT2D eigenvalue weighted by molar-refractivity contribution is 0.337. The summed E-state index contributed by atoms with van der Waals surface area (Å²) in [6.07, 6.45) is 0.323. The molecule has 2 aromatic carbocycles. The second kappa shape index (κ2) is 5.68. The number of para-hydroxylation sites is 2. The quantitative estimate of drug-likeness (QED) is 0.724. The number of aromatic nitrogens is 1. The van der Waals surface area contributed by atoms with Gasteiger partial charge in [-0.25, -0.2) is 4.98 Å². The third kappa shape index (κ3) is 2.59. The van der Waals surface area contributed by atoms with Crippen molar-refractivity contribution in [2.24, 2.45) is 0 Å². The number of hydrogen-bond donors (Lipinski definition) is 0.